The second-order valence-corrected chi connectivity index (χ2v) is 3.50. The van der Waals surface area contributed by atoms with Gasteiger partial charge in [0, 0.05) is 19.2 Å². The zero-order valence-corrected chi connectivity index (χ0v) is 9.33. The highest BCUT2D eigenvalue weighted by Crippen LogP contribution is 2.06. The number of unbranched alkanes of at least 4 members (excludes halogenated alkanes) is 1. The normalized spacial score (nSPS) is 10.2. The highest BCUT2D eigenvalue weighted by molar-refractivity contribution is 5.92. The number of carbonyl (C=O) groups excluding carboxylic acids is 1. The monoisotopic (exact) mass is 240 g/mol. The standard InChI is InChI=1S/C12H14F2N2O/c1-2-3-4-7-15-12(17)10-6-5-8-16(10)9-11(13)14/h1,5-6,8,11H,3-4,7,9H2,(H,15,17). The smallest absolute Gasteiger partial charge is 0.267 e. The zero-order chi connectivity index (χ0) is 12.7. The Morgan fingerprint density at radius 1 is 1.59 bits per heavy atom. The summed E-state index contributed by atoms with van der Waals surface area (Å²) in [5.41, 5.74) is 0.242. The fourth-order valence-electron chi connectivity index (χ4n) is 1.41. The molecule has 0 radical (unpaired) electrons. The summed E-state index contributed by atoms with van der Waals surface area (Å²) in [5, 5.41) is 2.63. The van der Waals surface area contributed by atoms with E-state index in [0.717, 1.165) is 0 Å². The molecule has 0 aromatic carbocycles. The number of hydrogen-bond acceptors (Lipinski definition) is 1. The summed E-state index contributed by atoms with van der Waals surface area (Å²) in [6.45, 7) is -0.0248. The molecule has 0 fully saturated rings. The van der Waals surface area contributed by atoms with Crippen molar-refractivity contribution in [3.8, 4) is 12.3 Å². The lowest BCUT2D eigenvalue weighted by molar-refractivity contribution is 0.0930. The number of amides is 1. The van der Waals surface area contributed by atoms with Crippen LogP contribution in [-0.4, -0.2) is 23.4 Å². The maximum absolute atomic E-state index is 12.2. The van der Waals surface area contributed by atoms with E-state index in [1.165, 1.54) is 16.8 Å². The number of nitrogens with one attached hydrogen (secondary N) is 1. The number of rotatable bonds is 6. The first-order valence-electron chi connectivity index (χ1n) is 5.30. The van der Waals surface area contributed by atoms with Crippen molar-refractivity contribution in [3.05, 3.63) is 24.0 Å². The van der Waals surface area contributed by atoms with Crippen LogP contribution in [0.25, 0.3) is 0 Å². The summed E-state index contributed by atoms with van der Waals surface area (Å²) < 4.78 is 25.7. The predicted octanol–water partition coefficient (Wildman–Crippen LogP) is 1.90. The van der Waals surface area contributed by atoms with E-state index < -0.39 is 13.0 Å². The van der Waals surface area contributed by atoms with E-state index in [1.807, 2.05) is 0 Å². The quantitative estimate of drug-likeness (QED) is 0.598. The first kappa shape index (κ1) is 13.2. The third-order valence-corrected chi connectivity index (χ3v) is 2.18. The molecule has 0 unspecified atom stereocenters. The highest BCUT2D eigenvalue weighted by Gasteiger charge is 2.12. The van der Waals surface area contributed by atoms with Gasteiger partial charge in [-0.25, -0.2) is 8.78 Å². The Kier molecular flexibility index (Phi) is 5.21. The topological polar surface area (TPSA) is 34.0 Å². The third kappa shape index (κ3) is 4.27. The van der Waals surface area contributed by atoms with Crippen LogP contribution in [0.5, 0.6) is 0 Å². The molecule has 0 aliphatic carbocycles. The number of aromatic nitrogens is 1. The number of carbonyl (C=O) groups is 1. The van der Waals surface area contributed by atoms with E-state index in [-0.39, 0.29) is 11.6 Å². The van der Waals surface area contributed by atoms with Crippen molar-refractivity contribution < 1.29 is 13.6 Å². The summed E-state index contributed by atoms with van der Waals surface area (Å²) in [6.07, 6.45) is 5.31. The minimum absolute atomic E-state index is 0.242. The van der Waals surface area contributed by atoms with Gasteiger partial charge in [0.15, 0.2) is 0 Å². The van der Waals surface area contributed by atoms with Gasteiger partial charge in [0.05, 0.1) is 6.54 Å². The number of hydrogen-bond donors (Lipinski definition) is 1. The summed E-state index contributed by atoms with van der Waals surface area (Å²) in [5.74, 6) is 2.10. The Labute approximate surface area is 98.8 Å². The molecule has 0 bridgehead atoms. The molecule has 17 heavy (non-hydrogen) atoms. The molecule has 92 valence electrons. The number of halogens is 2. The summed E-state index contributed by atoms with van der Waals surface area (Å²) in [4.78, 5) is 11.6. The molecular weight excluding hydrogens is 226 g/mol. The van der Waals surface area contributed by atoms with Crippen LogP contribution in [0.4, 0.5) is 8.78 Å². The van der Waals surface area contributed by atoms with Crippen molar-refractivity contribution in [1.82, 2.24) is 9.88 Å². The Hall–Kier alpha value is -1.83. The maximum atomic E-state index is 12.2. The fourth-order valence-corrected chi connectivity index (χ4v) is 1.41. The van der Waals surface area contributed by atoms with Crippen molar-refractivity contribution in [2.45, 2.75) is 25.8 Å². The molecule has 0 spiro atoms. The molecular formula is C12H14F2N2O. The Bertz CT molecular complexity index is 407. The van der Waals surface area contributed by atoms with Gasteiger partial charge in [0.1, 0.15) is 5.69 Å². The van der Waals surface area contributed by atoms with Crippen molar-refractivity contribution in [2.75, 3.05) is 6.54 Å². The van der Waals surface area contributed by atoms with Gasteiger partial charge in [-0.3, -0.25) is 4.79 Å². The van der Waals surface area contributed by atoms with Crippen molar-refractivity contribution in [3.63, 3.8) is 0 Å². The van der Waals surface area contributed by atoms with Crippen LogP contribution in [0.2, 0.25) is 0 Å². The van der Waals surface area contributed by atoms with Gasteiger partial charge in [-0.05, 0) is 18.6 Å². The molecule has 1 heterocycles. The Balaban J connectivity index is 2.51. The maximum Gasteiger partial charge on any atom is 0.267 e. The molecule has 1 amide bonds. The summed E-state index contributed by atoms with van der Waals surface area (Å²) >= 11 is 0. The molecule has 0 atom stereocenters. The van der Waals surface area contributed by atoms with Crippen LogP contribution < -0.4 is 5.32 Å². The molecule has 1 rings (SSSR count). The summed E-state index contributed by atoms with van der Waals surface area (Å²) in [6, 6.07) is 3.08. The first-order valence-corrected chi connectivity index (χ1v) is 5.30. The molecule has 0 aliphatic rings. The largest absolute Gasteiger partial charge is 0.351 e. The van der Waals surface area contributed by atoms with Gasteiger partial charge in [-0.2, -0.15) is 0 Å². The Morgan fingerprint density at radius 3 is 3.00 bits per heavy atom. The molecule has 5 heteroatoms. The second-order valence-electron chi connectivity index (χ2n) is 3.50. The Morgan fingerprint density at radius 2 is 2.35 bits per heavy atom. The molecule has 1 aromatic heterocycles. The average molecular weight is 240 g/mol. The highest BCUT2D eigenvalue weighted by atomic mass is 19.3. The first-order chi connectivity index (χ1) is 8.15. The number of alkyl halides is 2. The van der Waals surface area contributed by atoms with Crippen molar-refractivity contribution in [1.29, 1.82) is 0 Å². The average Bonchev–Trinajstić information content (AvgIpc) is 2.71. The van der Waals surface area contributed by atoms with Gasteiger partial charge in [-0.15, -0.1) is 12.3 Å². The van der Waals surface area contributed by atoms with E-state index in [0.29, 0.717) is 19.4 Å². The third-order valence-electron chi connectivity index (χ3n) is 2.18. The van der Waals surface area contributed by atoms with Crippen LogP contribution in [0.1, 0.15) is 23.3 Å². The van der Waals surface area contributed by atoms with Gasteiger partial charge in [0.2, 0.25) is 0 Å². The lowest BCUT2D eigenvalue weighted by Gasteiger charge is -2.08. The molecule has 0 saturated heterocycles. The van der Waals surface area contributed by atoms with E-state index >= 15 is 0 Å². The molecule has 1 aromatic rings. The fraction of sp³-hybridized carbons (Fsp3) is 0.417. The number of nitrogens with zero attached hydrogens (tertiary/aromatic N) is 1. The van der Waals surface area contributed by atoms with Gasteiger partial charge in [-0.1, -0.05) is 0 Å². The van der Waals surface area contributed by atoms with Crippen LogP contribution in [0, 0.1) is 12.3 Å². The van der Waals surface area contributed by atoms with Gasteiger partial charge < -0.3 is 9.88 Å². The predicted molar refractivity (Wildman–Crippen MR) is 60.8 cm³/mol. The zero-order valence-electron chi connectivity index (χ0n) is 9.33. The second kappa shape index (κ2) is 6.69. The number of terminal acetylenes is 1. The lowest BCUT2D eigenvalue weighted by Crippen LogP contribution is -2.27. The van der Waals surface area contributed by atoms with Crippen molar-refractivity contribution in [2.24, 2.45) is 0 Å². The van der Waals surface area contributed by atoms with E-state index in [1.54, 1.807) is 6.07 Å². The SMILES string of the molecule is C#CCCCNC(=O)c1cccn1CC(F)F. The van der Waals surface area contributed by atoms with E-state index in [4.69, 9.17) is 6.42 Å². The molecule has 3 nitrogen and oxygen atoms in total. The van der Waals surface area contributed by atoms with E-state index in [9.17, 15) is 13.6 Å². The van der Waals surface area contributed by atoms with Gasteiger partial charge in [0.25, 0.3) is 12.3 Å². The van der Waals surface area contributed by atoms with Crippen LogP contribution >= 0.6 is 0 Å². The minimum atomic E-state index is -2.48. The molecule has 0 saturated carbocycles. The van der Waals surface area contributed by atoms with Crippen LogP contribution in [0.3, 0.4) is 0 Å². The van der Waals surface area contributed by atoms with E-state index in [2.05, 4.69) is 11.2 Å². The van der Waals surface area contributed by atoms with Gasteiger partial charge >= 0.3 is 0 Å². The van der Waals surface area contributed by atoms with Crippen LogP contribution in [-0.2, 0) is 6.54 Å². The van der Waals surface area contributed by atoms with Crippen LogP contribution in [0.15, 0.2) is 18.3 Å². The molecule has 1 N–H and O–H groups in total. The molecule has 0 aliphatic heterocycles. The minimum Gasteiger partial charge on any atom is -0.351 e. The van der Waals surface area contributed by atoms with Crippen molar-refractivity contribution >= 4 is 5.91 Å². The summed E-state index contributed by atoms with van der Waals surface area (Å²) in [7, 11) is 0. The lowest BCUT2D eigenvalue weighted by atomic mass is 10.3.